The van der Waals surface area contributed by atoms with Crippen molar-refractivity contribution < 1.29 is 22.1 Å². The van der Waals surface area contributed by atoms with E-state index in [9.17, 15) is 13.2 Å². The van der Waals surface area contributed by atoms with Gasteiger partial charge in [-0.15, -0.1) is 0 Å². The van der Waals surface area contributed by atoms with Crippen molar-refractivity contribution in [2.45, 2.75) is 32.8 Å². The number of carbonyl (C=O) groups excluding carboxylic acids is 1. The summed E-state index contributed by atoms with van der Waals surface area (Å²) in [6.07, 6.45) is 1.52. The third-order valence-corrected chi connectivity index (χ3v) is 3.11. The zero-order valence-electron chi connectivity index (χ0n) is 11.1. The summed E-state index contributed by atoms with van der Waals surface area (Å²) in [5.41, 5.74) is 0. The van der Waals surface area contributed by atoms with Gasteiger partial charge in [0.2, 0.25) is 0 Å². The molecule has 1 amide bonds. The number of rotatable bonds is 4. The summed E-state index contributed by atoms with van der Waals surface area (Å²) in [7, 11) is -3.48. The number of likely N-dealkylation sites (tertiary alicyclic amines) is 1. The van der Waals surface area contributed by atoms with Crippen LogP contribution in [0.1, 0.15) is 26.7 Å². The van der Waals surface area contributed by atoms with Crippen molar-refractivity contribution in [3.05, 3.63) is 0 Å². The Morgan fingerprint density at radius 3 is 2.67 bits per heavy atom. The van der Waals surface area contributed by atoms with Gasteiger partial charge in [0, 0.05) is 6.54 Å². The molecular weight excluding hydrogens is 258 g/mol. The molecule has 0 aromatic heterocycles. The van der Waals surface area contributed by atoms with Crippen molar-refractivity contribution in [1.82, 2.24) is 4.90 Å². The summed E-state index contributed by atoms with van der Waals surface area (Å²) >= 11 is 0. The molecule has 7 heteroatoms. The van der Waals surface area contributed by atoms with E-state index in [1.807, 2.05) is 13.8 Å². The molecule has 0 aromatic carbocycles. The van der Waals surface area contributed by atoms with Crippen LogP contribution in [0, 0.1) is 5.92 Å². The van der Waals surface area contributed by atoms with Crippen LogP contribution in [-0.2, 0) is 19.0 Å². The fourth-order valence-electron chi connectivity index (χ4n) is 1.76. The van der Waals surface area contributed by atoms with E-state index in [0.717, 1.165) is 12.7 Å². The Bertz CT molecular complexity index is 379. The lowest BCUT2D eigenvalue weighted by atomic mass is 10.1. The van der Waals surface area contributed by atoms with Crippen LogP contribution in [0.2, 0.25) is 0 Å². The first-order chi connectivity index (χ1) is 8.28. The Hall–Kier alpha value is -0.820. The van der Waals surface area contributed by atoms with Crippen molar-refractivity contribution in [1.29, 1.82) is 0 Å². The van der Waals surface area contributed by atoms with Gasteiger partial charge in [-0.1, -0.05) is 13.8 Å². The van der Waals surface area contributed by atoms with E-state index in [1.54, 1.807) is 0 Å². The molecule has 106 valence electrons. The largest absolute Gasteiger partial charge is 0.449 e. The van der Waals surface area contributed by atoms with Crippen LogP contribution < -0.4 is 0 Å². The lowest BCUT2D eigenvalue weighted by Gasteiger charge is -2.31. The first-order valence-electron chi connectivity index (χ1n) is 6.08. The molecule has 0 aromatic rings. The van der Waals surface area contributed by atoms with Gasteiger partial charge in [0.15, 0.2) is 0 Å². The van der Waals surface area contributed by atoms with Crippen molar-refractivity contribution >= 4 is 16.2 Å². The van der Waals surface area contributed by atoms with Crippen LogP contribution in [0.15, 0.2) is 0 Å². The molecule has 1 heterocycles. The second-order valence-corrected chi connectivity index (χ2v) is 6.58. The maximum atomic E-state index is 11.7. The molecule has 1 aliphatic rings. The average Bonchev–Trinajstić information content (AvgIpc) is 2.23. The Balaban J connectivity index is 2.45. The number of ether oxygens (including phenoxy) is 1. The standard InChI is InChI=1S/C11H21NO5S/c1-9(2)8-16-11(13)12-6-4-5-10(7-12)17-18(3,14)15/h9-10H,4-8H2,1-3H3/t10-/m1/s1. The number of hydrogen-bond acceptors (Lipinski definition) is 5. The summed E-state index contributed by atoms with van der Waals surface area (Å²) in [4.78, 5) is 13.2. The predicted molar refractivity (Wildman–Crippen MR) is 66.7 cm³/mol. The summed E-state index contributed by atoms with van der Waals surface area (Å²) in [5.74, 6) is 0.279. The molecule has 0 spiro atoms. The van der Waals surface area contributed by atoms with E-state index in [0.29, 0.717) is 19.6 Å². The van der Waals surface area contributed by atoms with Gasteiger partial charge in [-0.3, -0.25) is 4.18 Å². The summed E-state index contributed by atoms with van der Waals surface area (Å²) in [5, 5.41) is 0. The maximum Gasteiger partial charge on any atom is 0.409 e. The Labute approximate surface area is 108 Å². The molecule has 0 unspecified atom stereocenters. The molecule has 1 rings (SSSR count). The normalized spacial score (nSPS) is 21.1. The molecule has 6 nitrogen and oxygen atoms in total. The molecule has 1 atom stereocenters. The highest BCUT2D eigenvalue weighted by atomic mass is 32.2. The topological polar surface area (TPSA) is 72.9 Å². The van der Waals surface area contributed by atoms with Gasteiger partial charge in [0.1, 0.15) is 0 Å². The number of amides is 1. The number of piperidine rings is 1. The molecule has 1 saturated heterocycles. The monoisotopic (exact) mass is 279 g/mol. The van der Waals surface area contributed by atoms with Gasteiger partial charge in [-0.05, 0) is 18.8 Å². The zero-order valence-corrected chi connectivity index (χ0v) is 11.9. The minimum Gasteiger partial charge on any atom is -0.449 e. The van der Waals surface area contributed by atoms with E-state index in [4.69, 9.17) is 8.92 Å². The first-order valence-corrected chi connectivity index (χ1v) is 7.89. The van der Waals surface area contributed by atoms with Gasteiger partial charge in [-0.2, -0.15) is 8.42 Å². The van der Waals surface area contributed by atoms with Crippen molar-refractivity contribution in [3.63, 3.8) is 0 Å². The van der Waals surface area contributed by atoms with Crippen LogP contribution in [0.3, 0.4) is 0 Å². The smallest absolute Gasteiger partial charge is 0.409 e. The average molecular weight is 279 g/mol. The van der Waals surface area contributed by atoms with E-state index in [-0.39, 0.29) is 12.5 Å². The predicted octanol–water partition coefficient (Wildman–Crippen LogP) is 1.22. The van der Waals surface area contributed by atoms with Crippen molar-refractivity contribution in [2.24, 2.45) is 5.92 Å². The Morgan fingerprint density at radius 1 is 1.44 bits per heavy atom. The van der Waals surface area contributed by atoms with Crippen LogP contribution in [0.5, 0.6) is 0 Å². The van der Waals surface area contributed by atoms with Crippen LogP contribution in [-0.4, -0.2) is 51.5 Å². The molecular formula is C11H21NO5S. The van der Waals surface area contributed by atoms with Gasteiger partial charge >= 0.3 is 6.09 Å². The molecule has 0 aliphatic carbocycles. The van der Waals surface area contributed by atoms with E-state index in [1.165, 1.54) is 4.90 Å². The van der Waals surface area contributed by atoms with Gasteiger partial charge in [-0.25, -0.2) is 4.79 Å². The molecule has 1 fully saturated rings. The van der Waals surface area contributed by atoms with Gasteiger partial charge in [0.25, 0.3) is 10.1 Å². The molecule has 1 aliphatic heterocycles. The van der Waals surface area contributed by atoms with Crippen LogP contribution in [0.4, 0.5) is 4.79 Å². The Morgan fingerprint density at radius 2 is 2.11 bits per heavy atom. The SMILES string of the molecule is CC(C)COC(=O)N1CCC[C@@H](OS(C)(=O)=O)C1. The quantitative estimate of drug-likeness (QED) is 0.723. The molecule has 0 radical (unpaired) electrons. The minimum atomic E-state index is -3.48. The van der Waals surface area contributed by atoms with Crippen LogP contribution in [0.25, 0.3) is 0 Å². The lowest BCUT2D eigenvalue weighted by Crippen LogP contribution is -2.44. The maximum absolute atomic E-state index is 11.7. The fraction of sp³-hybridized carbons (Fsp3) is 0.909. The molecule has 0 N–H and O–H groups in total. The lowest BCUT2D eigenvalue weighted by molar-refractivity contribution is 0.0556. The number of carbonyl (C=O) groups is 1. The Kier molecular flexibility index (Phi) is 5.40. The summed E-state index contributed by atoms with van der Waals surface area (Å²) < 4.78 is 32.1. The summed E-state index contributed by atoms with van der Waals surface area (Å²) in [6.45, 7) is 5.13. The number of nitrogens with zero attached hydrogens (tertiary/aromatic N) is 1. The highest BCUT2D eigenvalue weighted by Gasteiger charge is 2.27. The number of hydrogen-bond donors (Lipinski definition) is 0. The van der Waals surface area contributed by atoms with E-state index < -0.39 is 22.3 Å². The highest BCUT2D eigenvalue weighted by Crippen LogP contribution is 2.16. The van der Waals surface area contributed by atoms with Crippen LogP contribution >= 0.6 is 0 Å². The second-order valence-electron chi connectivity index (χ2n) is 4.98. The highest BCUT2D eigenvalue weighted by molar-refractivity contribution is 7.86. The van der Waals surface area contributed by atoms with Crippen molar-refractivity contribution in [2.75, 3.05) is 26.0 Å². The zero-order chi connectivity index (χ0) is 13.8. The van der Waals surface area contributed by atoms with Gasteiger partial charge < -0.3 is 9.64 Å². The summed E-state index contributed by atoms with van der Waals surface area (Å²) in [6, 6.07) is 0. The third kappa shape index (κ3) is 5.68. The first kappa shape index (κ1) is 15.2. The van der Waals surface area contributed by atoms with Crippen molar-refractivity contribution in [3.8, 4) is 0 Å². The third-order valence-electron chi connectivity index (χ3n) is 2.49. The fourth-order valence-corrected chi connectivity index (χ4v) is 2.41. The van der Waals surface area contributed by atoms with Gasteiger partial charge in [0.05, 0.1) is 25.5 Å². The second kappa shape index (κ2) is 6.38. The molecule has 0 saturated carbocycles. The molecule has 18 heavy (non-hydrogen) atoms. The minimum absolute atomic E-state index is 0.268. The van der Waals surface area contributed by atoms with E-state index in [2.05, 4.69) is 0 Å². The van der Waals surface area contributed by atoms with E-state index >= 15 is 0 Å². The molecule has 0 bridgehead atoms.